The molecule has 0 rings (SSSR count). The molecule has 13 heavy (non-hydrogen) atoms. The maximum Gasteiger partial charge on any atom is 0.147 e. The predicted molar refractivity (Wildman–Crippen MR) is 56.8 cm³/mol. The average molecular weight is 181 g/mol. The SMILES string of the molecule is C=CC/N=C(C)\C(F)=C(/C)C(=C)C. The van der Waals surface area contributed by atoms with Crippen LogP contribution < -0.4 is 0 Å². The minimum atomic E-state index is -0.283. The van der Waals surface area contributed by atoms with Crippen molar-refractivity contribution in [3.63, 3.8) is 0 Å². The van der Waals surface area contributed by atoms with Crippen molar-refractivity contribution in [2.24, 2.45) is 4.99 Å². The van der Waals surface area contributed by atoms with E-state index < -0.39 is 0 Å². The molecule has 0 spiro atoms. The number of hydrogen-bond donors (Lipinski definition) is 0. The fraction of sp³-hybridized carbons (Fsp3) is 0.364. The van der Waals surface area contributed by atoms with Gasteiger partial charge in [0.2, 0.25) is 0 Å². The summed E-state index contributed by atoms with van der Waals surface area (Å²) in [6.45, 7) is 12.7. The molecule has 0 N–H and O–H groups in total. The van der Waals surface area contributed by atoms with Crippen molar-refractivity contribution in [2.75, 3.05) is 6.54 Å². The van der Waals surface area contributed by atoms with E-state index >= 15 is 0 Å². The third-order valence-corrected chi connectivity index (χ3v) is 1.74. The number of allylic oxidation sites excluding steroid dienone is 3. The van der Waals surface area contributed by atoms with E-state index in [-0.39, 0.29) is 5.83 Å². The van der Waals surface area contributed by atoms with Gasteiger partial charge in [-0.3, -0.25) is 4.99 Å². The van der Waals surface area contributed by atoms with Crippen LogP contribution in [-0.2, 0) is 0 Å². The first kappa shape index (κ1) is 11.8. The zero-order valence-electron chi connectivity index (χ0n) is 8.52. The second-order valence-electron chi connectivity index (χ2n) is 2.93. The average Bonchev–Trinajstić information content (AvgIpc) is 2.11. The Kier molecular flexibility index (Phi) is 4.97. The molecule has 0 unspecified atom stereocenters. The lowest BCUT2D eigenvalue weighted by molar-refractivity contribution is 0.669. The summed E-state index contributed by atoms with van der Waals surface area (Å²) in [5, 5.41) is 0. The van der Waals surface area contributed by atoms with Crippen LogP contribution in [0.1, 0.15) is 20.8 Å². The van der Waals surface area contributed by atoms with Crippen molar-refractivity contribution in [3.05, 3.63) is 36.2 Å². The standard InChI is InChI=1S/C11H16FN/c1-6-7-13-10(5)11(12)9(4)8(2)3/h6H,1-2,7H2,3-5H3/b11-9-,13-10-. The second-order valence-corrected chi connectivity index (χ2v) is 2.93. The van der Waals surface area contributed by atoms with Crippen molar-refractivity contribution in [1.29, 1.82) is 0 Å². The Hall–Kier alpha value is -1.18. The molecule has 0 fully saturated rings. The highest BCUT2D eigenvalue weighted by atomic mass is 19.1. The number of halogens is 1. The van der Waals surface area contributed by atoms with Gasteiger partial charge in [-0.25, -0.2) is 4.39 Å². The molecule has 0 saturated carbocycles. The lowest BCUT2D eigenvalue weighted by Crippen LogP contribution is -1.97. The first-order valence-corrected chi connectivity index (χ1v) is 4.15. The Morgan fingerprint density at radius 1 is 1.38 bits per heavy atom. The van der Waals surface area contributed by atoms with Crippen LogP contribution in [-0.4, -0.2) is 12.3 Å². The Morgan fingerprint density at radius 3 is 2.31 bits per heavy atom. The van der Waals surface area contributed by atoms with Crippen LogP contribution in [0.2, 0.25) is 0 Å². The van der Waals surface area contributed by atoms with Gasteiger partial charge in [0.1, 0.15) is 5.83 Å². The molecule has 1 nitrogen and oxygen atoms in total. The highest BCUT2D eigenvalue weighted by Gasteiger charge is 2.04. The zero-order valence-corrected chi connectivity index (χ0v) is 8.52. The lowest BCUT2D eigenvalue weighted by atomic mass is 10.1. The zero-order chi connectivity index (χ0) is 10.4. The lowest BCUT2D eigenvalue weighted by Gasteiger charge is -2.02. The van der Waals surface area contributed by atoms with Gasteiger partial charge in [-0.1, -0.05) is 18.2 Å². The van der Waals surface area contributed by atoms with Crippen LogP contribution in [0.3, 0.4) is 0 Å². The van der Waals surface area contributed by atoms with Gasteiger partial charge in [0.15, 0.2) is 0 Å². The van der Waals surface area contributed by atoms with Gasteiger partial charge in [-0.2, -0.15) is 0 Å². The Bertz CT molecular complexity index is 272. The molecule has 2 heteroatoms. The third kappa shape index (κ3) is 3.83. The van der Waals surface area contributed by atoms with E-state index in [1.807, 2.05) is 0 Å². The molecule has 0 atom stereocenters. The van der Waals surface area contributed by atoms with E-state index in [0.717, 1.165) is 5.57 Å². The van der Waals surface area contributed by atoms with Crippen LogP contribution >= 0.6 is 0 Å². The van der Waals surface area contributed by atoms with Gasteiger partial charge in [-0.15, -0.1) is 6.58 Å². The molecule has 0 aromatic heterocycles. The van der Waals surface area contributed by atoms with E-state index in [1.54, 1.807) is 26.8 Å². The summed E-state index contributed by atoms with van der Waals surface area (Å²) in [4.78, 5) is 3.97. The molecule has 0 amide bonds. The van der Waals surface area contributed by atoms with Gasteiger partial charge < -0.3 is 0 Å². The number of nitrogens with zero attached hydrogens (tertiary/aromatic N) is 1. The van der Waals surface area contributed by atoms with Gasteiger partial charge in [-0.05, 0) is 26.3 Å². The second kappa shape index (κ2) is 5.46. The maximum absolute atomic E-state index is 13.4. The molecule has 0 aromatic rings. The van der Waals surface area contributed by atoms with E-state index in [4.69, 9.17) is 0 Å². The summed E-state index contributed by atoms with van der Waals surface area (Å²) in [6, 6.07) is 0. The van der Waals surface area contributed by atoms with Crippen molar-refractivity contribution in [1.82, 2.24) is 0 Å². The first-order chi connectivity index (χ1) is 6.00. The molecule has 0 aliphatic heterocycles. The fourth-order valence-electron chi connectivity index (χ4n) is 0.730. The summed E-state index contributed by atoms with van der Waals surface area (Å²) < 4.78 is 13.4. The summed E-state index contributed by atoms with van der Waals surface area (Å²) >= 11 is 0. The molecule has 0 aliphatic rings. The van der Waals surface area contributed by atoms with Crippen LogP contribution in [0, 0.1) is 0 Å². The monoisotopic (exact) mass is 181 g/mol. The van der Waals surface area contributed by atoms with Gasteiger partial charge in [0.25, 0.3) is 0 Å². The Labute approximate surface area is 79.4 Å². The first-order valence-electron chi connectivity index (χ1n) is 4.15. The van der Waals surface area contributed by atoms with Crippen molar-refractivity contribution in [3.8, 4) is 0 Å². The molecule has 0 aromatic carbocycles. The topological polar surface area (TPSA) is 12.4 Å². The fourth-order valence-corrected chi connectivity index (χ4v) is 0.730. The van der Waals surface area contributed by atoms with Crippen LogP contribution in [0.4, 0.5) is 4.39 Å². The third-order valence-electron chi connectivity index (χ3n) is 1.74. The van der Waals surface area contributed by atoms with Crippen molar-refractivity contribution in [2.45, 2.75) is 20.8 Å². The van der Waals surface area contributed by atoms with Crippen LogP contribution in [0.25, 0.3) is 0 Å². The number of hydrogen-bond acceptors (Lipinski definition) is 1. The minimum absolute atomic E-state index is 0.283. The summed E-state index contributed by atoms with van der Waals surface area (Å²) in [7, 11) is 0. The molecule has 0 saturated heterocycles. The maximum atomic E-state index is 13.4. The van der Waals surface area contributed by atoms with E-state index in [2.05, 4.69) is 18.2 Å². The normalized spacial score (nSPS) is 13.7. The van der Waals surface area contributed by atoms with E-state index in [9.17, 15) is 4.39 Å². The predicted octanol–water partition coefficient (Wildman–Crippen LogP) is 3.45. The Balaban J connectivity index is 4.76. The largest absolute Gasteiger partial charge is 0.283 e. The van der Waals surface area contributed by atoms with Gasteiger partial charge in [0.05, 0.1) is 12.3 Å². The molecule has 72 valence electrons. The van der Waals surface area contributed by atoms with Gasteiger partial charge >= 0.3 is 0 Å². The highest BCUT2D eigenvalue weighted by Crippen LogP contribution is 2.14. The molecule has 0 radical (unpaired) electrons. The summed E-state index contributed by atoms with van der Waals surface area (Å²) in [5.41, 5.74) is 1.69. The number of aliphatic imine (C=N–C) groups is 1. The molecular weight excluding hydrogens is 165 g/mol. The molecule has 0 heterocycles. The molecule has 0 bridgehead atoms. The Morgan fingerprint density at radius 2 is 1.92 bits per heavy atom. The van der Waals surface area contributed by atoms with Crippen LogP contribution in [0.15, 0.2) is 41.2 Å². The highest BCUT2D eigenvalue weighted by molar-refractivity contribution is 5.97. The summed E-state index contributed by atoms with van der Waals surface area (Å²) in [5.74, 6) is -0.283. The van der Waals surface area contributed by atoms with Gasteiger partial charge in [0, 0.05) is 0 Å². The van der Waals surface area contributed by atoms with E-state index in [1.165, 1.54) is 0 Å². The summed E-state index contributed by atoms with van der Waals surface area (Å²) in [6.07, 6.45) is 1.63. The molecule has 0 aliphatic carbocycles. The quantitative estimate of drug-likeness (QED) is 0.358. The van der Waals surface area contributed by atoms with E-state index in [0.29, 0.717) is 17.8 Å². The smallest absolute Gasteiger partial charge is 0.147 e. The molecular formula is C11H16FN. The minimum Gasteiger partial charge on any atom is -0.283 e. The van der Waals surface area contributed by atoms with Crippen LogP contribution in [0.5, 0.6) is 0 Å². The van der Waals surface area contributed by atoms with Crippen molar-refractivity contribution >= 4 is 5.71 Å². The van der Waals surface area contributed by atoms with Crippen molar-refractivity contribution < 1.29 is 4.39 Å². The number of rotatable bonds is 4.